The second-order valence-electron chi connectivity index (χ2n) is 6.47. The van der Waals surface area contributed by atoms with E-state index in [0.717, 1.165) is 46.0 Å². The standard InChI is InChI=1S/C19H22BrClN6S/c1-13-18(20)14(2)27(24-13)10-3-9-22-19(28)23-17-8-11-26(25-17)12-15-4-6-16(21)7-5-15/h4-8,11H,3,9-10,12H2,1-2H3,(H2,22,23,25,28). The lowest BCUT2D eigenvalue weighted by molar-refractivity contribution is 0.558. The van der Waals surface area contributed by atoms with E-state index in [1.807, 2.05) is 52.8 Å². The first kappa shape index (κ1) is 20.8. The Morgan fingerprint density at radius 2 is 1.93 bits per heavy atom. The number of thiocarbonyl (C=S) groups is 1. The maximum absolute atomic E-state index is 5.92. The fraction of sp³-hybridized carbons (Fsp3) is 0.316. The Morgan fingerprint density at radius 3 is 2.61 bits per heavy atom. The highest BCUT2D eigenvalue weighted by molar-refractivity contribution is 9.10. The Bertz CT molecular complexity index is 950. The molecule has 3 rings (SSSR count). The lowest BCUT2D eigenvalue weighted by Crippen LogP contribution is -2.30. The second-order valence-corrected chi connectivity index (χ2v) is 8.11. The highest BCUT2D eigenvalue weighted by Crippen LogP contribution is 2.19. The number of anilines is 1. The Kier molecular flexibility index (Phi) is 7.09. The molecule has 0 radical (unpaired) electrons. The zero-order valence-electron chi connectivity index (χ0n) is 15.7. The molecule has 0 spiro atoms. The van der Waals surface area contributed by atoms with Gasteiger partial charge >= 0.3 is 0 Å². The third-order valence-electron chi connectivity index (χ3n) is 4.27. The van der Waals surface area contributed by atoms with Crippen LogP contribution < -0.4 is 10.6 Å². The van der Waals surface area contributed by atoms with Gasteiger partial charge in [-0.05, 0) is 66.1 Å². The van der Waals surface area contributed by atoms with Gasteiger partial charge in [-0.2, -0.15) is 10.2 Å². The van der Waals surface area contributed by atoms with Crippen LogP contribution in [0.25, 0.3) is 0 Å². The van der Waals surface area contributed by atoms with Crippen molar-refractivity contribution in [3.05, 3.63) is 63.0 Å². The second kappa shape index (κ2) is 9.54. The number of aryl methyl sites for hydroxylation is 2. The number of rotatable bonds is 7. The van der Waals surface area contributed by atoms with Gasteiger partial charge in [-0.25, -0.2) is 0 Å². The first-order valence-corrected chi connectivity index (χ1v) is 10.5. The van der Waals surface area contributed by atoms with E-state index in [2.05, 4.69) is 43.7 Å². The van der Waals surface area contributed by atoms with Gasteiger partial charge in [0, 0.05) is 36.1 Å². The van der Waals surface area contributed by atoms with Gasteiger partial charge in [0.05, 0.1) is 16.7 Å². The Hall–Kier alpha value is -1.90. The van der Waals surface area contributed by atoms with Crippen molar-refractivity contribution in [1.29, 1.82) is 0 Å². The van der Waals surface area contributed by atoms with Gasteiger partial charge in [-0.1, -0.05) is 23.7 Å². The molecule has 0 atom stereocenters. The van der Waals surface area contributed by atoms with E-state index in [-0.39, 0.29) is 0 Å². The van der Waals surface area contributed by atoms with E-state index in [1.165, 1.54) is 0 Å². The summed E-state index contributed by atoms with van der Waals surface area (Å²) in [5.41, 5.74) is 3.29. The molecule has 0 fully saturated rings. The van der Waals surface area contributed by atoms with Crippen molar-refractivity contribution >= 4 is 50.7 Å². The number of hydrogen-bond acceptors (Lipinski definition) is 3. The van der Waals surface area contributed by atoms with Crippen LogP contribution in [0.15, 0.2) is 41.0 Å². The lowest BCUT2D eigenvalue weighted by Gasteiger charge is -2.09. The molecule has 0 bridgehead atoms. The quantitative estimate of drug-likeness (QED) is 0.383. The zero-order valence-corrected chi connectivity index (χ0v) is 18.9. The highest BCUT2D eigenvalue weighted by Gasteiger charge is 2.08. The van der Waals surface area contributed by atoms with Crippen LogP contribution in [0.5, 0.6) is 0 Å². The van der Waals surface area contributed by atoms with Crippen LogP contribution in [-0.4, -0.2) is 31.2 Å². The van der Waals surface area contributed by atoms with Crippen LogP contribution in [0.1, 0.15) is 23.4 Å². The monoisotopic (exact) mass is 480 g/mol. The van der Waals surface area contributed by atoms with Crippen LogP contribution in [0.2, 0.25) is 5.02 Å². The van der Waals surface area contributed by atoms with Crippen molar-refractivity contribution in [3.8, 4) is 0 Å². The van der Waals surface area contributed by atoms with Gasteiger partial charge in [0.25, 0.3) is 0 Å². The van der Waals surface area contributed by atoms with E-state index in [4.69, 9.17) is 23.8 Å². The SMILES string of the molecule is Cc1nn(CCCNC(=S)Nc2ccn(Cc3ccc(Cl)cc3)n2)c(C)c1Br. The maximum atomic E-state index is 5.92. The normalized spacial score (nSPS) is 10.9. The smallest absolute Gasteiger partial charge is 0.171 e. The zero-order chi connectivity index (χ0) is 20.1. The van der Waals surface area contributed by atoms with E-state index in [0.29, 0.717) is 17.5 Å². The Labute approximate surface area is 183 Å². The summed E-state index contributed by atoms with van der Waals surface area (Å²) in [5, 5.41) is 16.6. The van der Waals surface area contributed by atoms with Crippen LogP contribution in [0.4, 0.5) is 5.82 Å². The first-order valence-electron chi connectivity index (χ1n) is 8.94. The summed E-state index contributed by atoms with van der Waals surface area (Å²) in [5.74, 6) is 0.717. The number of nitrogens with one attached hydrogen (secondary N) is 2. The number of benzene rings is 1. The Morgan fingerprint density at radius 1 is 1.18 bits per heavy atom. The minimum absolute atomic E-state index is 0.561. The van der Waals surface area contributed by atoms with Crippen LogP contribution in [-0.2, 0) is 13.1 Å². The molecule has 0 aliphatic heterocycles. The third-order valence-corrected chi connectivity index (χ3v) is 5.91. The van der Waals surface area contributed by atoms with Crippen LogP contribution in [0.3, 0.4) is 0 Å². The van der Waals surface area contributed by atoms with Crippen molar-refractivity contribution in [2.45, 2.75) is 33.4 Å². The predicted molar refractivity (Wildman–Crippen MR) is 121 cm³/mol. The number of aromatic nitrogens is 4. The molecule has 0 amide bonds. The summed E-state index contributed by atoms with van der Waals surface area (Å²) < 4.78 is 4.94. The largest absolute Gasteiger partial charge is 0.362 e. The molecule has 2 aromatic heterocycles. The molecule has 0 aliphatic carbocycles. The first-order chi connectivity index (χ1) is 13.4. The van der Waals surface area contributed by atoms with Crippen molar-refractivity contribution in [2.24, 2.45) is 0 Å². The molecule has 0 unspecified atom stereocenters. The molecule has 28 heavy (non-hydrogen) atoms. The molecule has 1 aromatic carbocycles. The van der Waals surface area contributed by atoms with Crippen molar-refractivity contribution < 1.29 is 0 Å². The molecule has 3 aromatic rings. The van der Waals surface area contributed by atoms with E-state index < -0.39 is 0 Å². The molecule has 9 heteroatoms. The molecule has 0 saturated heterocycles. The minimum Gasteiger partial charge on any atom is -0.362 e. The number of halogens is 2. The van der Waals surface area contributed by atoms with Gasteiger partial charge in [0.2, 0.25) is 0 Å². The van der Waals surface area contributed by atoms with E-state index in [9.17, 15) is 0 Å². The molecule has 2 heterocycles. The summed E-state index contributed by atoms with van der Waals surface area (Å²) in [7, 11) is 0. The number of hydrogen-bond donors (Lipinski definition) is 2. The highest BCUT2D eigenvalue weighted by atomic mass is 79.9. The minimum atomic E-state index is 0.561. The topological polar surface area (TPSA) is 59.7 Å². The molecule has 0 saturated carbocycles. The lowest BCUT2D eigenvalue weighted by atomic mass is 10.2. The van der Waals surface area contributed by atoms with Gasteiger partial charge in [0.15, 0.2) is 10.9 Å². The van der Waals surface area contributed by atoms with E-state index >= 15 is 0 Å². The molecular weight excluding hydrogens is 460 g/mol. The van der Waals surface area contributed by atoms with Gasteiger partial charge in [-0.15, -0.1) is 0 Å². The fourth-order valence-corrected chi connectivity index (χ4v) is 3.39. The Balaban J connectivity index is 1.42. The molecule has 2 N–H and O–H groups in total. The average Bonchev–Trinajstić information content (AvgIpc) is 3.20. The maximum Gasteiger partial charge on any atom is 0.171 e. The summed E-state index contributed by atoms with van der Waals surface area (Å²) in [6, 6.07) is 9.64. The summed E-state index contributed by atoms with van der Waals surface area (Å²) >= 11 is 14.8. The predicted octanol–water partition coefficient (Wildman–Crippen LogP) is 4.54. The molecule has 0 aliphatic rings. The van der Waals surface area contributed by atoms with Crippen molar-refractivity contribution in [2.75, 3.05) is 11.9 Å². The van der Waals surface area contributed by atoms with Gasteiger partial charge in [0.1, 0.15) is 0 Å². The molecule has 148 valence electrons. The van der Waals surface area contributed by atoms with Crippen LogP contribution in [0, 0.1) is 13.8 Å². The fourth-order valence-electron chi connectivity index (χ4n) is 2.78. The van der Waals surface area contributed by atoms with E-state index in [1.54, 1.807) is 0 Å². The summed E-state index contributed by atoms with van der Waals surface area (Å²) in [6.07, 6.45) is 2.83. The van der Waals surface area contributed by atoms with Gasteiger partial charge < -0.3 is 10.6 Å². The molecular formula is C19H22BrClN6S. The number of nitrogens with zero attached hydrogens (tertiary/aromatic N) is 4. The average molecular weight is 482 g/mol. The molecule has 6 nitrogen and oxygen atoms in total. The summed E-state index contributed by atoms with van der Waals surface area (Å²) in [6.45, 7) is 6.33. The van der Waals surface area contributed by atoms with Crippen LogP contribution >= 0.6 is 39.7 Å². The van der Waals surface area contributed by atoms with Crippen molar-refractivity contribution in [1.82, 2.24) is 24.9 Å². The third kappa shape index (κ3) is 5.56. The van der Waals surface area contributed by atoms with Gasteiger partial charge in [-0.3, -0.25) is 9.36 Å². The van der Waals surface area contributed by atoms with Crippen molar-refractivity contribution in [3.63, 3.8) is 0 Å². The summed E-state index contributed by atoms with van der Waals surface area (Å²) in [4.78, 5) is 0.